The number of hydrogen-bond acceptors (Lipinski definition) is 0. The van der Waals surface area contributed by atoms with Crippen LogP contribution in [-0.2, 0) is 0 Å². The number of allylic oxidation sites excluding steroid dienone is 1. The summed E-state index contributed by atoms with van der Waals surface area (Å²) in [5.74, 6) is 0.901. The van der Waals surface area contributed by atoms with Gasteiger partial charge in [0.1, 0.15) is 0 Å². The van der Waals surface area contributed by atoms with Gasteiger partial charge in [0, 0.05) is 0 Å². The largest absolute Gasteiger partial charge is 0.100 e. The lowest BCUT2D eigenvalue weighted by molar-refractivity contribution is 0.503. The van der Waals surface area contributed by atoms with Crippen LogP contribution in [0, 0.1) is 5.92 Å². The third-order valence-corrected chi connectivity index (χ3v) is 9.30. The Balaban J connectivity index is -0.000000291. The van der Waals surface area contributed by atoms with E-state index >= 15 is 0 Å². The molecule has 0 heteroatoms. The minimum atomic E-state index is 0.901. The molecule has 0 atom stereocenters. The summed E-state index contributed by atoms with van der Waals surface area (Å²) in [4.78, 5) is 0. The summed E-state index contributed by atoms with van der Waals surface area (Å²) in [5, 5.41) is 0. The molecular formula is C48H102. The number of unbranched alkanes of at least 4 members (excludes halogenated alkanes) is 32. The Morgan fingerprint density at radius 1 is 0.292 bits per heavy atom. The molecule has 0 heterocycles. The topological polar surface area (TPSA) is 0 Å². The first kappa shape index (κ1) is 54.5. The first-order valence-electron chi connectivity index (χ1n) is 23.0. The van der Waals surface area contributed by atoms with Crippen LogP contribution in [0.2, 0.25) is 0 Å². The Morgan fingerprint density at radius 3 is 0.542 bits per heavy atom. The second kappa shape index (κ2) is 56.1. The average molecular weight is 679 g/mol. The van der Waals surface area contributed by atoms with Crippen LogP contribution in [0.1, 0.15) is 293 Å². The van der Waals surface area contributed by atoms with Crippen LogP contribution in [0.25, 0.3) is 0 Å². The normalized spacial score (nSPS) is 10.5. The summed E-state index contributed by atoms with van der Waals surface area (Å²) in [5.41, 5.74) is 1.17. The first-order chi connectivity index (χ1) is 23.3. The Morgan fingerprint density at radius 2 is 0.417 bits per heavy atom. The fraction of sp³-hybridized carbons (Fsp3) is 0.958. The molecule has 0 unspecified atom stereocenters. The molecule has 0 aliphatic carbocycles. The van der Waals surface area contributed by atoms with E-state index in [-0.39, 0.29) is 0 Å². The SMILES string of the molecule is C=C(C)C.CCCCCCCCCCCC.CCCCCCCCCCCCCC.CCCCCCCCCCCCCCCC(C)C. The highest BCUT2D eigenvalue weighted by atomic mass is 14.0. The van der Waals surface area contributed by atoms with Crippen LogP contribution in [-0.4, -0.2) is 0 Å². The molecule has 0 aromatic rings. The van der Waals surface area contributed by atoms with Crippen molar-refractivity contribution < 1.29 is 0 Å². The van der Waals surface area contributed by atoms with E-state index in [0.717, 1.165) is 5.92 Å². The molecular weight excluding hydrogens is 577 g/mol. The molecule has 0 aliphatic rings. The molecule has 0 radical (unpaired) electrons. The maximum Gasteiger partial charge on any atom is -0.0445 e. The Kier molecular flexibility index (Phi) is 63.7. The van der Waals surface area contributed by atoms with E-state index < -0.39 is 0 Å². The highest BCUT2D eigenvalue weighted by Gasteiger charge is 1.96. The van der Waals surface area contributed by atoms with Crippen LogP contribution in [0.4, 0.5) is 0 Å². The van der Waals surface area contributed by atoms with E-state index in [4.69, 9.17) is 0 Å². The van der Waals surface area contributed by atoms with E-state index in [1.165, 1.54) is 237 Å². The summed E-state index contributed by atoms with van der Waals surface area (Å²) in [6.45, 7) is 23.6. The third kappa shape index (κ3) is 75.9. The molecule has 0 N–H and O–H groups in total. The van der Waals surface area contributed by atoms with Gasteiger partial charge in [0.05, 0.1) is 0 Å². The van der Waals surface area contributed by atoms with E-state index in [2.05, 4.69) is 55.0 Å². The van der Waals surface area contributed by atoms with Crippen LogP contribution >= 0.6 is 0 Å². The maximum absolute atomic E-state index is 3.56. The molecule has 0 bridgehead atoms. The minimum absolute atomic E-state index is 0.901. The van der Waals surface area contributed by atoms with Crippen molar-refractivity contribution in [3.8, 4) is 0 Å². The van der Waals surface area contributed by atoms with E-state index in [1.54, 1.807) is 0 Å². The van der Waals surface area contributed by atoms with Crippen LogP contribution in [0.5, 0.6) is 0 Å². The van der Waals surface area contributed by atoms with Gasteiger partial charge >= 0.3 is 0 Å². The van der Waals surface area contributed by atoms with Gasteiger partial charge in [-0.15, -0.1) is 6.58 Å². The standard InChI is InChI=1S/C18H38.C14H30.C12H26.C4H8/c1-4-5-6-7-8-9-10-11-12-13-14-15-16-17-18(2)3;1-3-5-7-9-11-13-14-12-10-8-6-4-2;1-3-5-7-9-11-12-10-8-6-4-2;1-4(2)3/h18H,4-17H2,1-3H3;3-14H2,1-2H3;3-12H2,1-2H3;1H2,2-3H3. The average Bonchev–Trinajstić information content (AvgIpc) is 3.06. The molecule has 0 aliphatic heterocycles. The number of hydrogen-bond donors (Lipinski definition) is 0. The van der Waals surface area contributed by atoms with Crippen molar-refractivity contribution in [1.29, 1.82) is 0 Å². The monoisotopic (exact) mass is 679 g/mol. The van der Waals surface area contributed by atoms with Gasteiger partial charge in [-0.1, -0.05) is 285 Å². The molecule has 0 saturated carbocycles. The summed E-state index contributed by atoms with van der Waals surface area (Å²) in [6.07, 6.45) is 52.3. The van der Waals surface area contributed by atoms with Gasteiger partial charge in [-0.2, -0.15) is 0 Å². The summed E-state index contributed by atoms with van der Waals surface area (Å²) >= 11 is 0. The Labute approximate surface area is 310 Å². The van der Waals surface area contributed by atoms with Crippen molar-refractivity contribution in [2.24, 2.45) is 5.92 Å². The smallest absolute Gasteiger partial charge is 0.0445 e. The summed E-state index contributed by atoms with van der Waals surface area (Å²) in [6, 6.07) is 0. The molecule has 0 aromatic carbocycles. The molecule has 0 rings (SSSR count). The zero-order chi connectivity index (χ0) is 36.6. The summed E-state index contributed by atoms with van der Waals surface area (Å²) < 4.78 is 0. The Hall–Kier alpha value is -0.260. The minimum Gasteiger partial charge on any atom is -0.100 e. The molecule has 0 spiro atoms. The predicted octanol–water partition coefficient (Wildman–Crippen LogP) is 19.3. The van der Waals surface area contributed by atoms with Crippen molar-refractivity contribution in [1.82, 2.24) is 0 Å². The molecule has 0 amide bonds. The van der Waals surface area contributed by atoms with Crippen molar-refractivity contribution in [2.45, 2.75) is 293 Å². The van der Waals surface area contributed by atoms with Crippen molar-refractivity contribution >= 4 is 0 Å². The van der Waals surface area contributed by atoms with Crippen LogP contribution < -0.4 is 0 Å². The van der Waals surface area contributed by atoms with Crippen LogP contribution in [0.15, 0.2) is 12.2 Å². The molecule has 0 aromatic heterocycles. The first-order valence-corrected chi connectivity index (χ1v) is 23.0. The quantitative estimate of drug-likeness (QED) is 0.0469. The second-order valence-corrected chi connectivity index (χ2v) is 16.0. The third-order valence-electron chi connectivity index (χ3n) is 9.30. The lowest BCUT2D eigenvalue weighted by Crippen LogP contribution is -1.87. The van der Waals surface area contributed by atoms with Gasteiger partial charge in [-0.05, 0) is 19.8 Å². The second-order valence-electron chi connectivity index (χ2n) is 16.0. The zero-order valence-electron chi connectivity index (χ0n) is 36.2. The van der Waals surface area contributed by atoms with E-state index in [1.807, 2.05) is 13.8 Å². The fourth-order valence-electron chi connectivity index (χ4n) is 6.05. The lowest BCUT2D eigenvalue weighted by atomic mass is 10.0. The van der Waals surface area contributed by atoms with Gasteiger partial charge in [-0.25, -0.2) is 0 Å². The maximum atomic E-state index is 3.56. The van der Waals surface area contributed by atoms with Crippen molar-refractivity contribution in [3.63, 3.8) is 0 Å². The highest BCUT2D eigenvalue weighted by Crippen LogP contribution is 2.15. The van der Waals surface area contributed by atoms with Gasteiger partial charge < -0.3 is 0 Å². The van der Waals surface area contributed by atoms with Gasteiger partial charge in [0.25, 0.3) is 0 Å². The zero-order valence-corrected chi connectivity index (χ0v) is 36.2. The van der Waals surface area contributed by atoms with Gasteiger partial charge in [0.15, 0.2) is 0 Å². The van der Waals surface area contributed by atoms with Gasteiger partial charge in [0.2, 0.25) is 0 Å². The molecule has 294 valence electrons. The van der Waals surface area contributed by atoms with E-state index in [0.29, 0.717) is 0 Å². The van der Waals surface area contributed by atoms with Gasteiger partial charge in [-0.3, -0.25) is 0 Å². The highest BCUT2D eigenvalue weighted by molar-refractivity contribution is 4.78. The molecule has 0 saturated heterocycles. The summed E-state index contributed by atoms with van der Waals surface area (Å²) in [7, 11) is 0. The number of rotatable bonds is 34. The predicted molar refractivity (Wildman–Crippen MR) is 230 cm³/mol. The van der Waals surface area contributed by atoms with Crippen molar-refractivity contribution in [2.75, 3.05) is 0 Å². The lowest BCUT2D eigenvalue weighted by Gasteiger charge is -2.04. The van der Waals surface area contributed by atoms with E-state index in [9.17, 15) is 0 Å². The van der Waals surface area contributed by atoms with Crippen molar-refractivity contribution in [3.05, 3.63) is 12.2 Å². The molecule has 0 fully saturated rings. The Bertz CT molecular complexity index is 462. The fourth-order valence-corrected chi connectivity index (χ4v) is 6.05. The molecule has 48 heavy (non-hydrogen) atoms. The molecule has 0 nitrogen and oxygen atoms in total. The van der Waals surface area contributed by atoms with Crippen LogP contribution in [0.3, 0.4) is 0 Å².